The highest BCUT2D eigenvalue weighted by atomic mass is 35.5. The Bertz CT molecular complexity index is 873. The third-order valence-electron chi connectivity index (χ3n) is 5.27. The van der Waals surface area contributed by atoms with Crippen LogP contribution < -0.4 is 10.2 Å². The number of amides is 1. The zero-order valence-electron chi connectivity index (χ0n) is 15.5. The minimum absolute atomic E-state index is 0.0247. The minimum Gasteiger partial charge on any atom is -0.378 e. The molecule has 1 amide bonds. The fourth-order valence-corrected chi connectivity index (χ4v) is 3.86. The largest absolute Gasteiger partial charge is 0.378 e. The molecule has 1 aliphatic heterocycles. The Labute approximate surface area is 168 Å². The molecule has 0 saturated carbocycles. The second kappa shape index (κ2) is 8.41. The predicted molar refractivity (Wildman–Crippen MR) is 104 cm³/mol. The van der Waals surface area contributed by atoms with Gasteiger partial charge in [0.2, 0.25) is 11.9 Å². The molecule has 1 saturated heterocycles. The summed E-state index contributed by atoms with van der Waals surface area (Å²) in [5.74, 6) is 0.212. The van der Waals surface area contributed by atoms with Gasteiger partial charge < -0.3 is 15.0 Å². The summed E-state index contributed by atoms with van der Waals surface area (Å²) in [5.41, 5.74) is 2.76. The molecule has 1 aliphatic carbocycles. The van der Waals surface area contributed by atoms with Crippen molar-refractivity contribution in [1.82, 2.24) is 15.3 Å². The SMILES string of the molecule is O=C(NCc1ccc(F)cc1Cl)C1CCc2nc(N3CCOCC3)ncc2C1. The second-order valence-electron chi connectivity index (χ2n) is 7.13. The Morgan fingerprint density at radius 1 is 1.36 bits per heavy atom. The van der Waals surface area contributed by atoms with Crippen molar-refractivity contribution in [2.45, 2.75) is 25.8 Å². The van der Waals surface area contributed by atoms with Crippen molar-refractivity contribution in [3.8, 4) is 0 Å². The number of ether oxygens (including phenoxy) is 1. The zero-order valence-corrected chi connectivity index (χ0v) is 16.2. The van der Waals surface area contributed by atoms with Gasteiger partial charge in [0.25, 0.3) is 0 Å². The monoisotopic (exact) mass is 404 g/mol. The van der Waals surface area contributed by atoms with Crippen LogP contribution in [0.3, 0.4) is 0 Å². The number of aromatic nitrogens is 2. The Morgan fingerprint density at radius 3 is 2.96 bits per heavy atom. The maximum Gasteiger partial charge on any atom is 0.225 e. The molecule has 1 unspecified atom stereocenters. The van der Waals surface area contributed by atoms with E-state index in [0.29, 0.717) is 30.2 Å². The zero-order chi connectivity index (χ0) is 19.5. The van der Waals surface area contributed by atoms with Gasteiger partial charge in [0.05, 0.1) is 13.2 Å². The minimum atomic E-state index is -0.389. The molecule has 28 heavy (non-hydrogen) atoms. The van der Waals surface area contributed by atoms with Crippen molar-refractivity contribution >= 4 is 23.5 Å². The van der Waals surface area contributed by atoms with Gasteiger partial charge in [0, 0.05) is 42.5 Å². The summed E-state index contributed by atoms with van der Waals surface area (Å²) in [5, 5.41) is 3.23. The number of nitrogens with zero attached hydrogens (tertiary/aromatic N) is 3. The number of nitrogens with one attached hydrogen (secondary N) is 1. The fourth-order valence-electron chi connectivity index (χ4n) is 3.63. The molecule has 1 aromatic carbocycles. The normalized spacial score (nSPS) is 19.2. The molecule has 0 spiro atoms. The summed E-state index contributed by atoms with van der Waals surface area (Å²) in [6.45, 7) is 3.28. The van der Waals surface area contributed by atoms with E-state index in [1.807, 2.05) is 6.20 Å². The van der Waals surface area contributed by atoms with Gasteiger partial charge in [-0.25, -0.2) is 14.4 Å². The van der Waals surface area contributed by atoms with Crippen LogP contribution in [0, 0.1) is 11.7 Å². The average molecular weight is 405 g/mol. The number of carbonyl (C=O) groups excluding carboxylic acids is 1. The van der Waals surface area contributed by atoms with Crippen molar-refractivity contribution in [3.05, 3.63) is 52.1 Å². The molecule has 8 heteroatoms. The second-order valence-corrected chi connectivity index (χ2v) is 7.54. The quantitative estimate of drug-likeness (QED) is 0.848. The maximum atomic E-state index is 13.1. The van der Waals surface area contributed by atoms with Crippen LogP contribution in [0.25, 0.3) is 0 Å². The van der Waals surface area contributed by atoms with Crippen molar-refractivity contribution in [2.24, 2.45) is 5.92 Å². The molecule has 1 fully saturated rings. The number of fused-ring (bicyclic) bond motifs is 1. The molecule has 1 atom stereocenters. The highest BCUT2D eigenvalue weighted by molar-refractivity contribution is 6.31. The molecule has 1 N–H and O–H groups in total. The van der Waals surface area contributed by atoms with Gasteiger partial charge in [0.15, 0.2) is 0 Å². The van der Waals surface area contributed by atoms with E-state index in [2.05, 4.69) is 15.2 Å². The summed E-state index contributed by atoms with van der Waals surface area (Å²) in [6, 6.07) is 4.19. The van der Waals surface area contributed by atoms with Crippen LogP contribution in [0.5, 0.6) is 0 Å². The van der Waals surface area contributed by atoms with Gasteiger partial charge in [0.1, 0.15) is 5.82 Å². The highest BCUT2D eigenvalue weighted by Crippen LogP contribution is 2.26. The molecule has 0 bridgehead atoms. The van der Waals surface area contributed by atoms with Crippen LogP contribution in [0.15, 0.2) is 24.4 Å². The lowest BCUT2D eigenvalue weighted by atomic mass is 9.86. The Hall–Kier alpha value is -2.25. The maximum absolute atomic E-state index is 13.1. The molecule has 2 heterocycles. The lowest BCUT2D eigenvalue weighted by molar-refractivity contribution is -0.125. The van der Waals surface area contributed by atoms with Crippen LogP contribution in [-0.2, 0) is 28.9 Å². The van der Waals surface area contributed by atoms with Gasteiger partial charge in [-0.2, -0.15) is 0 Å². The van der Waals surface area contributed by atoms with E-state index in [-0.39, 0.29) is 24.2 Å². The third-order valence-corrected chi connectivity index (χ3v) is 5.62. The molecule has 0 radical (unpaired) electrons. The first-order valence-corrected chi connectivity index (χ1v) is 9.87. The Balaban J connectivity index is 1.37. The van der Waals surface area contributed by atoms with E-state index in [1.165, 1.54) is 12.1 Å². The standard InChI is InChI=1S/C20H22ClFN4O2/c21-17-10-16(22)3-1-14(17)11-23-19(27)13-2-4-18-15(9-13)12-24-20(25-18)26-5-7-28-8-6-26/h1,3,10,12-13H,2,4-9,11H2,(H,23,27). The van der Waals surface area contributed by atoms with Gasteiger partial charge in [-0.3, -0.25) is 4.79 Å². The van der Waals surface area contributed by atoms with Crippen LogP contribution in [0.2, 0.25) is 5.02 Å². The number of carbonyl (C=O) groups is 1. The summed E-state index contributed by atoms with van der Waals surface area (Å²) >= 11 is 6.02. The first kappa shape index (κ1) is 19.1. The van der Waals surface area contributed by atoms with Crippen molar-refractivity contribution < 1.29 is 13.9 Å². The molecule has 148 valence electrons. The van der Waals surface area contributed by atoms with Gasteiger partial charge in [-0.05, 0) is 42.5 Å². The summed E-state index contributed by atoms with van der Waals surface area (Å²) in [6.07, 6.45) is 3.98. The number of benzene rings is 1. The van der Waals surface area contributed by atoms with Gasteiger partial charge >= 0.3 is 0 Å². The average Bonchev–Trinajstić information content (AvgIpc) is 2.73. The van der Waals surface area contributed by atoms with Gasteiger partial charge in [-0.15, -0.1) is 0 Å². The molecular formula is C20H22ClFN4O2. The summed E-state index contributed by atoms with van der Waals surface area (Å²) in [7, 11) is 0. The third kappa shape index (κ3) is 4.25. The Kier molecular flexibility index (Phi) is 5.73. The van der Waals surface area contributed by atoms with E-state index in [1.54, 1.807) is 6.07 Å². The van der Waals surface area contributed by atoms with E-state index in [9.17, 15) is 9.18 Å². The predicted octanol–water partition coefficient (Wildman–Crippen LogP) is 2.53. The topological polar surface area (TPSA) is 67.4 Å². The number of anilines is 1. The van der Waals surface area contributed by atoms with E-state index < -0.39 is 0 Å². The van der Waals surface area contributed by atoms with E-state index in [0.717, 1.165) is 43.1 Å². The van der Waals surface area contributed by atoms with Crippen LogP contribution >= 0.6 is 11.6 Å². The molecular weight excluding hydrogens is 383 g/mol. The van der Waals surface area contributed by atoms with Crippen LogP contribution in [-0.4, -0.2) is 42.2 Å². The summed E-state index contributed by atoms with van der Waals surface area (Å²) < 4.78 is 18.5. The molecule has 2 aliphatic rings. The van der Waals surface area contributed by atoms with Gasteiger partial charge in [-0.1, -0.05) is 17.7 Å². The first-order chi connectivity index (χ1) is 13.6. The van der Waals surface area contributed by atoms with Crippen molar-refractivity contribution in [3.63, 3.8) is 0 Å². The lowest BCUT2D eigenvalue weighted by Gasteiger charge is -2.28. The lowest BCUT2D eigenvalue weighted by Crippen LogP contribution is -2.38. The highest BCUT2D eigenvalue weighted by Gasteiger charge is 2.27. The molecule has 4 rings (SSSR count). The number of aryl methyl sites for hydroxylation is 1. The number of hydrogen-bond acceptors (Lipinski definition) is 5. The Morgan fingerprint density at radius 2 is 2.18 bits per heavy atom. The number of morpholine rings is 1. The molecule has 2 aromatic rings. The van der Waals surface area contributed by atoms with Crippen molar-refractivity contribution in [2.75, 3.05) is 31.2 Å². The first-order valence-electron chi connectivity index (χ1n) is 9.49. The van der Waals surface area contributed by atoms with E-state index in [4.69, 9.17) is 21.3 Å². The van der Waals surface area contributed by atoms with Crippen LogP contribution in [0.1, 0.15) is 23.2 Å². The van der Waals surface area contributed by atoms with Crippen LogP contribution in [0.4, 0.5) is 10.3 Å². The number of hydrogen-bond donors (Lipinski definition) is 1. The molecule has 6 nitrogen and oxygen atoms in total. The van der Waals surface area contributed by atoms with Crippen molar-refractivity contribution in [1.29, 1.82) is 0 Å². The number of halogens is 2. The number of rotatable bonds is 4. The summed E-state index contributed by atoms with van der Waals surface area (Å²) in [4.78, 5) is 23.9. The fraction of sp³-hybridized carbons (Fsp3) is 0.450. The van der Waals surface area contributed by atoms with E-state index >= 15 is 0 Å². The molecule has 1 aromatic heterocycles. The smallest absolute Gasteiger partial charge is 0.225 e.